The zero-order chi connectivity index (χ0) is 18.0. The number of imide groups is 1. The van der Waals surface area contributed by atoms with Crippen molar-refractivity contribution >= 4 is 34.1 Å². The largest absolute Gasteiger partial charge is 0.366 e. The minimum atomic E-state index is -0.522. The van der Waals surface area contributed by atoms with E-state index >= 15 is 0 Å². The van der Waals surface area contributed by atoms with Crippen molar-refractivity contribution in [2.75, 3.05) is 11.4 Å². The number of hydrogen-bond donors (Lipinski definition) is 2. The Morgan fingerprint density at radius 2 is 1.96 bits per heavy atom. The quantitative estimate of drug-likeness (QED) is 0.877. The normalized spacial score (nSPS) is 16.7. The van der Waals surface area contributed by atoms with Crippen molar-refractivity contribution in [2.24, 2.45) is 5.73 Å². The highest BCUT2D eigenvalue weighted by Crippen LogP contribution is 2.40. The molecule has 3 amide bonds. The zero-order valence-electron chi connectivity index (χ0n) is 13.8. The summed E-state index contributed by atoms with van der Waals surface area (Å²) in [6.45, 7) is 1.95. The van der Waals surface area contributed by atoms with E-state index in [1.54, 1.807) is 6.07 Å². The molecule has 1 aliphatic heterocycles. The minimum absolute atomic E-state index is 0.338. The number of nitrogens with zero attached hydrogens (tertiary/aromatic N) is 1. The summed E-state index contributed by atoms with van der Waals surface area (Å²) in [6.07, 6.45) is 1.45. The summed E-state index contributed by atoms with van der Waals surface area (Å²) < 4.78 is 0. The van der Waals surface area contributed by atoms with Crippen molar-refractivity contribution in [1.29, 1.82) is 0 Å². The molecule has 130 valence electrons. The lowest BCUT2D eigenvalue weighted by Crippen LogP contribution is -2.45. The molecule has 25 heavy (non-hydrogen) atoms. The molecule has 2 heterocycles. The Balaban J connectivity index is 1.98. The van der Waals surface area contributed by atoms with Gasteiger partial charge in [0, 0.05) is 18.3 Å². The monoisotopic (exact) mass is 357 g/mol. The Hall–Kier alpha value is -2.67. The highest BCUT2D eigenvalue weighted by Gasteiger charge is 2.34. The van der Waals surface area contributed by atoms with Crippen molar-refractivity contribution < 1.29 is 14.4 Å². The van der Waals surface area contributed by atoms with Gasteiger partial charge in [-0.15, -0.1) is 11.3 Å². The maximum atomic E-state index is 12.3. The number of nitrogens with one attached hydrogen (secondary N) is 1. The first-order valence-electron chi connectivity index (χ1n) is 8.04. The van der Waals surface area contributed by atoms with Crippen LogP contribution in [-0.2, 0) is 9.59 Å². The van der Waals surface area contributed by atoms with E-state index in [9.17, 15) is 14.4 Å². The van der Waals surface area contributed by atoms with Crippen molar-refractivity contribution in [3.8, 4) is 10.4 Å². The van der Waals surface area contributed by atoms with E-state index in [-0.39, 0.29) is 11.8 Å². The van der Waals surface area contributed by atoms with Gasteiger partial charge in [-0.05, 0) is 24.5 Å². The predicted octanol–water partition coefficient (Wildman–Crippen LogP) is 2.15. The van der Waals surface area contributed by atoms with Crippen molar-refractivity contribution in [3.63, 3.8) is 0 Å². The second-order valence-corrected chi connectivity index (χ2v) is 6.99. The van der Waals surface area contributed by atoms with Gasteiger partial charge in [-0.1, -0.05) is 30.3 Å². The Morgan fingerprint density at radius 3 is 2.60 bits per heavy atom. The van der Waals surface area contributed by atoms with Gasteiger partial charge in [0.1, 0.15) is 11.0 Å². The van der Waals surface area contributed by atoms with Crippen molar-refractivity contribution in [3.05, 3.63) is 42.0 Å². The molecule has 1 atom stereocenters. The lowest BCUT2D eigenvalue weighted by Gasteiger charge is -2.24. The number of anilines is 1. The molecule has 1 saturated heterocycles. The van der Waals surface area contributed by atoms with Crippen LogP contribution in [-0.4, -0.2) is 30.3 Å². The fourth-order valence-corrected chi connectivity index (χ4v) is 4.30. The molecule has 1 aromatic carbocycles. The maximum Gasteiger partial charge on any atom is 0.251 e. The molecule has 0 spiro atoms. The first-order chi connectivity index (χ1) is 12.0. The SMILES string of the molecule is CC(=O)NC(=O)C1CCCN1c1sc(-c2ccccc2)cc1C(N)=O. The molecule has 7 heteroatoms. The Bertz CT molecular complexity index is 816. The second kappa shape index (κ2) is 7.06. The fourth-order valence-electron chi connectivity index (χ4n) is 3.06. The number of rotatable bonds is 4. The summed E-state index contributed by atoms with van der Waals surface area (Å²) in [4.78, 5) is 38.2. The molecule has 1 aliphatic rings. The number of hydrogen-bond acceptors (Lipinski definition) is 5. The van der Waals surface area contributed by atoms with Crippen molar-refractivity contribution in [1.82, 2.24) is 5.32 Å². The third-order valence-electron chi connectivity index (χ3n) is 4.15. The summed E-state index contributed by atoms with van der Waals surface area (Å²) in [6, 6.07) is 11.0. The molecule has 0 aliphatic carbocycles. The number of carbonyl (C=O) groups excluding carboxylic acids is 3. The molecule has 0 bridgehead atoms. The van der Waals surface area contributed by atoms with Crippen LogP contribution in [0.4, 0.5) is 5.00 Å². The van der Waals surface area contributed by atoms with Crippen LogP contribution in [0, 0.1) is 0 Å². The number of carbonyl (C=O) groups is 3. The van der Waals surface area contributed by atoms with Crippen LogP contribution in [0.5, 0.6) is 0 Å². The van der Waals surface area contributed by atoms with E-state index in [2.05, 4.69) is 5.32 Å². The van der Waals surface area contributed by atoms with Crippen LogP contribution in [0.25, 0.3) is 10.4 Å². The standard InChI is InChI=1S/C18H19N3O3S/c1-11(22)20-17(24)14-8-5-9-21(14)18-13(16(19)23)10-15(25-18)12-6-3-2-4-7-12/h2-4,6-7,10,14H,5,8-9H2,1H3,(H2,19,23)(H,20,22,24). The molecule has 6 nitrogen and oxygen atoms in total. The van der Waals surface area contributed by atoms with Crippen LogP contribution in [0.3, 0.4) is 0 Å². The third-order valence-corrected chi connectivity index (χ3v) is 5.37. The van der Waals surface area contributed by atoms with Gasteiger partial charge in [0.15, 0.2) is 0 Å². The summed E-state index contributed by atoms with van der Waals surface area (Å²) in [7, 11) is 0. The fraction of sp³-hybridized carbons (Fsp3) is 0.278. The van der Waals surface area contributed by atoms with Gasteiger partial charge in [-0.2, -0.15) is 0 Å². The van der Waals surface area contributed by atoms with E-state index in [4.69, 9.17) is 5.73 Å². The van der Waals surface area contributed by atoms with Gasteiger partial charge in [0.25, 0.3) is 5.91 Å². The Kier molecular flexibility index (Phi) is 4.85. The van der Waals surface area contributed by atoms with Crippen LogP contribution in [0.15, 0.2) is 36.4 Å². The van der Waals surface area contributed by atoms with E-state index in [1.165, 1.54) is 18.3 Å². The van der Waals surface area contributed by atoms with Gasteiger partial charge >= 0.3 is 0 Å². The summed E-state index contributed by atoms with van der Waals surface area (Å²) in [5, 5.41) is 3.03. The zero-order valence-corrected chi connectivity index (χ0v) is 14.6. The van der Waals surface area contributed by atoms with E-state index < -0.39 is 11.9 Å². The van der Waals surface area contributed by atoms with Gasteiger partial charge in [-0.25, -0.2) is 0 Å². The van der Waals surface area contributed by atoms with Gasteiger partial charge in [-0.3, -0.25) is 19.7 Å². The van der Waals surface area contributed by atoms with Crippen LogP contribution in [0.1, 0.15) is 30.1 Å². The molecule has 1 fully saturated rings. The molecular weight excluding hydrogens is 338 g/mol. The Morgan fingerprint density at radius 1 is 1.24 bits per heavy atom. The summed E-state index contributed by atoms with van der Waals surface area (Å²) in [5.74, 6) is -1.25. The van der Waals surface area contributed by atoms with Gasteiger partial charge in [0.05, 0.1) is 5.56 Å². The summed E-state index contributed by atoms with van der Waals surface area (Å²) in [5.41, 5.74) is 6.96. The smallest absolute Gasteiger partial charge is 0.251 e. The number of thiophene rings is 1. The molecule has 0 radical (unpaired) electrons. The molecular formula is C18H19N3O3S. The molecule has 1 aromatic heterocycles. The molecule has 2 aromatic rings. The number of primary amides is 1. The second-order valence-electron chi connectivity index (χ2n) is 5.96. The topological polar surface area (TPSA) is 92.5 Å². The number of amides is 3. The molecule has 3 rings (SSSR count). The Labute approximate surface area is 149 Å². The number of nitrogens with two attached hydrogens (primary N) is 1. The maximum absolute atomic E-state index is 12.3. The van der Waals surface area contributed by atoms with E-state index in [0.29, 0.717) is 23.5 Å². The summed E-state index contributed by atoms with van der Waals surface area (Å²) >= 11 is 1.44. The molecule has 3 N–H and O–H groups in total. The van der Waals surface area contributed by atoms with Gasteiger partial charge in [0.2, 0.25) is 11.8 Å². The lowest BCUT2D eigenvalue weighted by atomic mass is 10.1. The molecule has 1 unspecified atom stereocenters. The van der Waals surface area contributed by atoms with E-state index in [1.807, 2.05) is 35.2 Å². The number of benzene rings is 1. The van der Waals surface area contributed by atoms with E-state index in [0.717, 1.165) is 16.9 Å². The minimum Gasteiger partial charge on any atom is -0.366 e. The van der Waals surface area contributed by atoms with Crippen LogP contribution in [0.2, 0.25) is 0 Å². The lowest BCUT2D eigenvalue weighted by molar-refractivity contribution is -0.129. The highest BCUT2D eigenvalue weighted by molar-refractivity contribution is 7.19. The third kappa shape index (κ3) is 3.56. The average molecular weight is 357 g/mol. The first kappa shape index (κ1) is 17.2. The highest BCUT2D eigenvalue weighted by atomic mass is 32.1. The first-order valence-corrected chi connectivity index (χ1v) is 8.86. The van der Waals surface area contributed by atoms with Crippen molar-refractivity contribution in [2.45, 2.75) is 25.8 Å². The predicted molar refractivity (Wildman–Crippen MR) is 97.5 cm³/mol. The van der Waals surface area contributed by atoms with Crippen LogP contribution < -0.4 is 16.0 Å². The molecule has 0 saturated carbocycles. The van der Waals surface area contributed by atoms with Gasteiger partial charge < -0.3 is 10.6 Å². The van der Waals surface area contributed by atoms with Crippen LogP contribution >= 0.6 is 11.3 Å². The average Bonchev–Trinajstić information content (AvgIpc) is 3.21.